The molecule has 108 valence electrons. The minimum Gasteiger partial charge on any atom is -0.317 e. The quantitative estimate of drug-likeness (QED) is 0.798. The Hall–Kier alpha value is -1.86. The Balaban J connectivity index is 1.99. The Morgan fingerprint density at radius 1 is 1.24 bits per heavy atom. The fourth-order valence-corrected chi connectivity index (χ4v) is 1.96. The van der Waals surface area contributed by atoms with Crippen molar-refractivity contribution in [1.82, 2.24) is 10.3 Å². The van der Waals surface area contributed by atoms with Crippen molar-refractivity contribution >= 4 is 45.0 Å². The number of amides is 1. The molecule has 0 bridgehead atoms. The summed E-state index contributed by atoms with van der Waals surface area (Å²) in [6, 6.07) is 8.75. The zero-order valence-electron chi connectivity index (χ0n) is 11.0. The van der Waals surface area contributed by atoms with Gasteiger partial charge in [0.05, 0.1) is 5.69 Å². The Morgan fingerprint density at radius 2 is 1.90 bits per heavy atom. The van der Waals surface area contributed by atoms with Crippen LogP contribution in [-0.4, -0.2) is 16.0 Å². The lowest BCUT2D eigenvalue weighted by Gasteiger charge is -2.09. The average Bonchev–Trinajstić information content (AvgIpc) is 2.43. The lowest BCUT2D eigenvalue weighted by molar-refractivity contribution is 0.0977. The maximum atomic E-state index is 12.8. The molecule has 0 saturated carbocycles. The van der Waals surface area contributed by atoms with E-state index in [9.17, 15) is 9.18 Å². The number of anilines is 1. The van der Waals surface area contributed by atoms with Crippen molar-refractivity contribution in [3.8, 4) is 0 Å². The van der Waals surface area contributed by atoms with E-state index >= 15 is 0 Å². The molecule has 0 aliphatic carbocycles. The van der Waals surface area contributed by atoms with Crippen LogP contribution in [-0.2, 0) is 0 Å². The third-order valence-electron chi connectivity index (χ3n) is 2.60. The van der Waals surface area contributed by atoms with E-state index in [0.29, 0.717) is 11.4 Å². The summed E-state index contributed by atoms with van der Waals surface area (Å²) in [5.41, 5.74) is 1.12. The van der Waals surface area contributed by atoms with E-state index in [4.69, 9.17) is 12.2 Å². The predicted molar refractivity (Wildman–Crippen MR) is 86.8 cm³/mol. The van der Waals surface area contributed by atoms with Crippen molar-refractivity contribution in [2.75, 3.05) is 5.32 Å². The van der Waals surface area contributed by atoms with Crippen molar-refractivity contribution in [2.24, 2.45) is 0 Å². The van der Waals surface area contributed by atoms with Crippen molar-refractivity contribution in [3.05, 3.63) is 57.9 Å². The number of halogens is 2. The number of aryl methyl sites for hydroxylation is 1. The van der Waals surface area contributed by atoms with Crippen molar-refractivity contribution in [3.63, 3.8) is 0 Å². The SMILES string of the molecule is Cc1nc(NC(=S)NC(=O)c2ccc(F)cc2)ccc1Br. The molecule has 1 heterocycles. The van der Waals surface area contributed by atoms with Crippen LogP contribution in [0.1, 0.15) is 16.1 Å². The average molecular weight is 368 g/mol. The monoisotopic (exact) mass is 367 g/mol. The first-order chi connectivity index (χ1) is 9.95. The molecular formula is C14H11BrFN3OS. The van der Waals surface area contributed by atoms with Gasteiger partial charge in [0.25, 0.3) is 5.91 Å². The first kappa shape index (κ1) is 15.5. The van der Waals surface area contributed by atoms with Crippen LogP contribution in [0, 0.1) is 12.7 Å². The summed E-state index contributed by atoms with van der Waals surface area (Å²) in [5, 5.41) is 5.44. The number of benzene rings is 1. The fraction of sp³-hybridized carbons (Fsp3) is 0.0714. The molecule has 21 heavy (non-hydrogen) atoms. The van der Waals surface area contributed by atoms with Gasteiger partial charge in [0.15, 0.2) is 5.11 Å². The third kappa shape index (κ3) is 4.30. The normalized spacial score (nSPS) is 10.0. The molecule has 0 radical (unpaired) electrons. The van der Waals surface area contributed by atoms with Gasteiger partial charge in [0, 0.05) is 10.0 Å². The standard InChI is InChI=1S/C14H11BrFN3OS/c1-8-11(15)6-7-12(17-8)18-14(21)19-13(20)9-2-4-10(16)5-3-9/h2-7H,1H3,(H2,17,18,19,20,21). The first-order valence-corrected chi connectivity index (χ1v) is 7.17. The topological polar surface area (TPSA) is 54.0 Å². The first-order valence-electron chi connectivity index (χ1n) is 5.97. The van der Waals surface area contributed by atoms with Crippen LogP contribution >= 0.6 is 28.1 Å². The number of carbonyl (C=O) groups excluding carboxylic acids is 1. The fourth-order valence-electron chi connectivity index (χ4n) is 1.54. The second-order valence-electron chi connectivity index (χ2n) is 4.18. The van der Waals surface area contributed by atoms with Crippen LogP contribution in [0.25, 0.3) is 0 Å². The van der Waals surface area contributed by atoms with Gasteiger partial charge in [-0.1, -0.05) is 0 Å². The number of carbonyl (C=O) groups is 1. The minimum atomic E-state index is -0.415. The molecule has 0 atom stereocenters. The molecule has 1 amide bonds. The number of hydrogen-bond donors (Lipinski definition) is 2. The second-order valence-corrected chi connectivity index (χ2v) is 5.44. The summed E-state index contributed by atoms with van der Waals surface area (Å²) < 4.78 is 13.7. The molecule has 1 aromatic carbocycles. The number of hydrogen-bond acceptors (Lipinski definition) is 3. The number of nitrogens with zero attached hydrogens (tertiary/aromatic N) is 1. The molecule has 2 N–H and O–H groups in total. The van der Waals surface area contributed by atoms with E-state index in [0.717, 1.165) is 10.2 Å². The van der Waals surface area contributed by atoms with Crippen LogP contribution in [0.3, 0.4) is 0 Å². The number of rotatable bonds is 2. The smallest absolute Gasteiger partial charge is 0.257 e. The molecule has 4 nitrogen and oxygen atoms in total. The minimum absolute atomic E-state index is 0.124. The van der Waals surface area contributed by atoms with Gasteiger partial charge in [-0.25, -0.2) is 9.37 Å². The van der Waals surface area contributed by atoms with Gasteiger partial charge in [-0.3, -0.25) is 10.1 Å². The van der Waals surface area contributed by atoms with Crippen LogP contribution in [0.15, 0.2) is 40.9 Å². The molecule has 0 spiro atoms. The van der Waals surface area contributed by atoms with E-state index in [-0.39, 0.29) is 5.11 Å². The zero-order valence-corrected chi connectivity index (χ0v) is 13.4. The van der Waals surface area contributed by atoms with E-state index in [1.807, 2.05) is 13.0 Å². The summed E-state index contributed by atoms with van der Waals surface area (Å²) in [4.78, 5) is 16.1. The van der Waals surface area contributed by atoms with Gasteiger partial charge >= 0.3 is 0 Å². The molecular weight excluding hydrogens is 357 g/mol. The van der Waals surface area contributed by atoms with Gasteiger partial charge < -0.3 is 5.32 Å². The Bertz CT molecular complexity index is 691. The van der Waals surface area contributed by atoms with Crippen molar-refractivity contribution in [2.45, 2.75) is 6.92 Å². The molecule has 7 heteroatoms. The van der Waals surface area contributed by atoms with Crippen LogP contribution in [0.5, 0.6) is 0 Å². The number of thiocarbonyl (C=S) groups is 1. The maximum Gasteiger partial charge on any atom is 0.257 e. The van der Waals surface area contributed by atoms with Crippen LogP contribution in [0.4, 0.5) is 10.2 Å². The van der Waals surface area contributed by atoms with E-state index in [1.165, 1.54) is 24.3 Å². The van der Waals surface area contributed by atoms with Gasteiger partial charge in [-0.15, -0.1) is 0 Å². The lowest BCUT2D eigenvalue weighted by atomic mass is 10.2. The molecule has 2 aromatic rings. The third-order valence-corrected chi connectivity index (χ3v) is 3.64. The van der Waals surface area contributed by atoms with Gasteiger partial charge in [0.1, 0.15) is 11.6 Å². The van der Waals surface area contributed by atoms with Crippen molar-refractivity contribution < 1.29 is 9.18 Å². The number of aromatic nitrogens is 1. The molecule has 0 aliphatic heterocycles. The second kappa shape index (κ2) is 6.73. The highest BCUT2D eigenvalue weighted by atomic mass is 79.9. The zero-order chi connectivity index (χ0) is 15.4. The predicted octanol–water partition coefficient (Wildman–Crippen LogP) is 3.42. The summed E-state index contributed by atoms with van der Waals surface area (Å²) in [7, 11) is 0. The number of nitrogens with one attached hydrogen (secondary N) is 2. The molecule has 0 fully saturated rings. The maximum absolute atomic E-state index is 12.8. The van der Waals surface area contributed by atoms with Gasteiger partial charge in [0.2, 0.25) is 0 Å². The highest BCUT2D eigenvalue weighted by molar-refractivity contribution is 9.10. The highest BCUT2D eigenvalue weighted by Gasteiger charge is 2.08. The lowest BCUT2D eigenvalue weighted by Crippen LogP contribution is -2.34. The van der Waals surface area contributed by atoms with Crippen molar-refractivity contribution in [1.29, 1.82) is 0 Å². The summed E-state index contributed by atoms with van der Waals surface area (Å²) in [5.74, 6) is -0.289. The molecule has 0 unspecified atom stereocenters. The largest absolute Gasteiger partial charge is 0.317 e. The van der Waals surface area contributed by atoms with E-state index < -0.39 is 11.7 Å². The molecule has 2 rings (SSSR count). The van der Waals surface area contributed by atoms with Gasteiger partial charge in [-0.05, 0) is 71.5 Å². The van der Waals surface area contributed by atoms with Crippen LogP contribution < -0.4 is 10.6 Å². The molecule has 0 saturated heterocycles. The van der Waals surface area contributed by atoms with Crippen LogP contribution in [0.2, 0.25) is 0 Å². The van der Waals surface area contributed by atoms with E-state index in [1.54, 1.807) is 6.07 Å². The summed E-state index contributed by atoms with van der Waals surface area (Å²) in [6.45, 7) is 1.84. The highest BCUT2D eigenvalue weighted by Crippen LogP contribution is 2.16. The Labute approximate surface area is 134 Å². The number of pyridine rings is 1. The van der Waals surface area contributed by atoms with E-state index in [2.05, 4.69) is 31.5 Å². The van der Waals surface area contributed by atoms with Gasteiger partial charge in [-0.2, -0.15) is 0 Å². The molecule has 1 aromatic heterocycles. The summed E-state index contributed by atoms with van der Waals surface area (Å²) in [6.07, 6.45) is 0. The Morgan fingerprint density at radius 3 is 2.52 bits per heavy atom. The Kier molecular flexibility index (Phi) is 4.98. The molecule has 0 aliphatic rings. The summed E-state index contributed by atoms with van der Waals surface area (Å²) >= 11 is 8.39.